The minimum Gasteiger partial charge on any atom is -0.340 e. The summed E-state index contributed by atoms with van der Waals surface area (Å²) in [6.07, 6.45) is 0. The van der Waals surface area contributed by atoms with Crippen molar-refractivity contribution in [1.82, 2.24) is 4.98 Å². The van der Waals surface area contributed by atoms with E-state index >= 15 is 0 Å². The maximum absolute atomic E-state index is 7.85. The fraction of sp³-hybridized carbons (Fsp3) is 0.250. The lowest BCUT2D eigenvalue weighted by atomic mass is 10.0. The van der Waals surface area contributed by atoms with Gasteiger partial charge in [0.15, 0.2) is 0 Å². The quantitative estimate of drug-likeness (QED) is 0.740. The highest BCUT2D eigenvalue weighted by Gasteiger charge is 2.04. The van der Waals surface area contributed by atoms with E-state index in [9.17, 15) is 0 Å². The van der Waals surface area contributed by atoms with Crippen LogP contribution >= 0.6 is 11.6 Å². The Morgan fingerprint density at radius 1 is 1.27 bits per heavy atom. The molecule has 0 saturated carbocycles. The summed E-state index contributed by atoms with van der Waals surface area (Å²) < 4.78 is 0. The molecule has 0 unspecified atom stereocenters. The molecule has 0 aliphatic rings. The third kappa shape index (κ3) is 1.90. The minimum absolute atomic E-state index is 0.345. The molecule has 2 rings (SSSR count). The predicted octanol–water partition coefficient (Wildman–Crippen LogP) is 3.42. The summed E-state index contributed by atoms with van der Waals surface area (Å²) in [6.45, 7) is 4.16. The van der Waals surface area contributed by atoms with E-state index in [1.807, 2.05) is 24.3 Å². The molecular weight excluding hydrogens is 208 g/mol. The van der Waals surface area contributed by atoms with Crippen LogP contribution in [0.15, 0.2) is 24.3 Å². The molecule has 15 heavy (non-hydrogen) atoms. The molecule has 0 saturated heterocycles. The van der Waals surface area contributed by atoms with Crippen LogP contribution in [-0.4, -0.2) is 4.98 Å². The Labute approximate surface area is 93.4 Å². The number of aromatic amines is 1. The molecule has 1 aromatic carbocycles. The van der Waals surface area contributed by atoms with Gasteiger partial charge in [0, 0.05) is 10.5 Å². The van der Waals surface area contributed by atoms with Gasteiger partial charge in [-0.3, -0.25) is 5.41 Å². The molecule has 78 valence electrons. The Morgan fingerprint density at radius 3 is 2.67 bits per heavy atom. The van der Waals surface area contributed by atoms with Gasteiger partial charge in [0.1, 0.15) is 5.49 Å². The van der Waals surface area contributed by atoms with Crippen molar-refractivity contribution in [3.8, 4) is 0 Å². The van der Waals surface area contributed by atoms with Crippen molar-refractivity contribution in [2.24, 2.45) is 0 Å². The zero-order valence-electron chi connectivity index (χ0n) is 8.76. The van der Waals surface area contributed by atoms with Crippen LogP contribution in [0.1, 0.15) is 25.3 Å². The summed E-state index contributed by atoms with van der Waals surface area (Å²) in [7, 11) is 0. The maximum Gasteiger partial charge on any atom is 0.126 e. The molecule has 0 aliphatic heterocycles. The fourth-order valence-electron chi connectivity index (χ4n) is 1.67. The SMILES string of the molecule is CC(C)c1cc2cc(Cl)ccc2[nH]c1=N. The molecule has 0 bridgehead atoms. The van der Waals surface area contributed by atoms with Crippen molar-refractivity contribution in [1.29, 1.82) is 5.41 Å². The van der Waals surface area contributed by atoms with E-state index in [0.717, 1.165) is 21.5 Å². The second kappa shape index (κ2) is 3.70. The molecule has 2 aromatic rings. The molecule has 1 aromatic heterocycles. The molecule has 0 amide bonds. The standard InChI is InChI=1S/C12H13ClN2/c1-7(2)10-6-8-5-9(13)3-4-11(8)15-12(10)14/h3-7H,1-2H3,(H2,14,15). The first-order chi connectivity index (χ1) is 7.08. The smallest absolute Gasteiger partial charge is 0.126 e. The summed E-state index contributed by atoms with van der Waals surface area (Å²) >= 11 is 5.93. The van der Waals surface area contributed by atoms with E-state index in [1.54, 1.807) is 0 Å². The second-order valence-corrected chi connectivity index (χ2v) is 4.42. The van der Waals surface area contributed by atoms with Crippen LogP contribution in [-0.2, 0) is 0 Å². The van der Waals surface area contributed by atoms with Gasteiger partial charge in [-0.05, 0) is 41.1 Å². The number of nitrogens with one attached hydrogen (secondary N) is 2. The summed E-state index contributed by atoms with van der Waals surface area (Å²) in [5.41, 5.74) is 2.46. The Bertz CT molecular complexity index is 555. The summed E-state index contributed by atoms with van der Waals surface area (Å²) in [5.74, 6) is 0.345. The van der Waals surface area contributed by atoms with Gasteiger partial charge < -0.3 is 4.98 Å². The van der Waals surface area contributed by atoms with Gasteiger partial charge in [-0.2, -0.15) is 0 Å². The largest absolute Gasteiger partial charge is 0.340 e. The van der Waals surface area contributed by atoms with E-state index in [4.69, 9.17) is 17.0 Å². The molecular formula is C12H13ClN2. The molecule has 0 atom stereocenters. The van der Waals surface area contributed by atoms with E-state index < -0.39 is 0 Å². The number of H-pyrrole nitrogens is 1. The monoisotopic (exact) mass is 220 g/mol. The van der Waals surface area contributed by atoms with Crippen LogP contribution in [0.5, 0.6) is 0 Å². The molecule has 0 radical (unpaired) electrons. The normalized spacial score (nSPS) is 11.2. The van der Waals surface area contributed by atoms with Crippen LogP contribution in [0.25, 0.3) is 10.9 Å². The lowest BCUT2D eigenvalue weighted by molar-refractivity contribution is 0.832. The summed E-state index contributed by atoms with van der Waals surface area (Å²) in [6, 6.07) is 7.68. The molecule has 2 nitrogen and oxygen atoms in total. The topological polar surface area (TPSA) is 39.6 Å². The first-order valence-electron chi connectivity index (χ1n) is 4.95. The summed E-state index contributed by atoms with van der Waals surface area (Å²) in [4.78, 5) is 3.07. The lowest BCUT2D eigenvalue weighted by Gasteiger charge is -2.07. The number of fused-ring (bicyclic) bond motifs is 1. The van der Waals surface area contributed by atoms with Crippen molar-refractivity contribution >= 4 is 22.5 Å². The predicted molar refractivity (Wildman–Crippen MR) is 63.3 cm³/mol. The number of halogens is 1. The molecule has 0 aliphatic carbocycles. The number of hydrogen-bond acceptors (Lipinski definition) is 1. The van der Waals surface area contributed by atoms with Gasteiger partial charge in [0.25, 0.3) is 0 Å². The van der Waals surface area contributed by atoms with E-state index in [1.165, 1.54) is 0 Å². The second-order valence-electron chi connectivity index (χ2n) is 3.99. The Morgan fingerprint density at radius 2 is 2.00 bits per heavy atom. The zero-order valence-corrected chi connectivity index (χ0v) is 9.52. The molecule has 0 fully saturated rings. The van der Waals surface area contributed by atoms with Crippen molar-refractivity contribution in [2.75, 3.05) is 0 Å². The van der Waals surface area contributed by atoms with E-state index in [2.05, 4.69) is 18.8 Å². The molecule has 1 heterocycles. The average Bonchev–Trinajstić information content (AvgIpc) is 2.17. The van der Waals surface area contributed by atoms with Gasteiger partial charge in [0.05, 0.1) is 0 Å². The van der Waals surface area contributed by atoms with Crippen molar-refractivity contribution in [3.63, 3.8) is 0 Å². The van der Waals surface area contributed by atoms with Crippen molar-refractivity contribution < 1.29 is 0 Å². The Balaban J connectivity index is 2.77. The third-order valence-corrected chi connectivity index (χ3v) is 2.73. The average molecular weight is 221 g/mol. The number of hydrogen-bond donors (Lipinski definition) is 2. The minimum atomic E-state index is 0.345. The molecule has 3 heteroatoms. The molecule has 2 N–H and O–H groups in total. The van der Waals surface area contributed by atoms with Crippen LogP contribution in [0.3, 0.4) is 0 Å². The van der Waals surface area contributed by atoms with Gasteiger partial charge in [-0.1, -0.05) is 25.4 Å². The van der Waals surface area contributed by atoms with Crippen LogP contribution in [0, 0.1) is 5.41 Å². The van der Waals surface area contributed by atoms with Crippen LogP contribution in [0.2, 0.25) is 5.02 Å². The van der Waals surface area contributed by atoms with E-state index in [-0.39, 0.29) is 0 Å². The fourth-order valence-corrected chi connectivity index (χ4v) is 1.85. The van der Waals surface area contributed by atoms with Gasteiger partial charge in [0.2, 0.25) is 0 Å². The number of benzene rings is 1. The number of rotatable bonds is 1. The zero-order chi connectivity index (χ0) is 11.0. The Kier molecular flexibility index (Phi) is 2.53. The van der Waals surface area contributed by atoms with Gasteiger partial charge in [-0.15, -0.1) is 0 Å². The third-order valence-electron chi connectivity index (χ3n) is 2.49. The lowest BCUT2D eigenvalue weighted by Crippen LogP contribution is -2.13. The number of aromatic nitrogens is 1. The van der Waals surface area contributed by atoms with E-state index in [0.29, 0.717) is 11.4 Å². The van der Waals surface area contributed by atoms with Crippen molar-refractivity contribution in [3.05, 3.63) is 40.3 Å². The highest BCUT2D eigenvalue weighted by Crippen LogP contribution is 2.19. The number of pyridine rings is 1. The first-order valence-corrected chi connectivity index (χ1v) is 5.33. The maximum atomic E-state index is 7.85. The van der Waals surface area contributed by atoms with Crippen LogP contribution < -0.4 is 5.49 Å². The Hall–Kier alpha value is -1.28. The highest BCUT2D eigenvalue weighted by molar-refractivity contribution is 6.31. The summed E-state index contributed by atoms with van der Waals surface area (Å²) in [5, 5.41) is 9.63. The van der Waals surface area contributed by atoms with Crippen LogP contribution in [0.4, 0.5) is 0 Å². The van der Waals surface area contributed by atoms with Crippen molar-refractivity contribution in [2.45, 2.75) is 19.8 Å². The first kappa shape index (κ1) is 10.2. The van der Waals surface area contributed by atoms with Gasteiger partial charge in [-0.25, -0.2) is 0 Å². The molecule has 0 spiro atoms. The van der Waals surface area contributed by atoms with Gasteiger partial charge >= 0.3 is 0 Å². The highest BCUT2D eigenvalue weighted by atomic mass is 35.5.